The zero-order valence-electron chi connectivity index (χ0n) is 7.71. The number of primary sulfonamides is 1. The quantitative estimate of drug-likeness (QED) is 0.524. The molecule has 15 heavy (non-hydrogen) atoms. The molecule has 0 aliphatic carbocycles. The monoisotopic (exact) mass is 241 g/mol. The van der Waals surface area contributed by atoms with Crippen LogP contribution in [-0.2, 0) is 10.0 Å². The number of nitrogens with two attached hydrogens (primary N) is 2. The van der Waals surface area contributed by atoms with Gasteiger partial charge < -0.3 is 5.43 Å². The van der Waals surface area contributed by atoms with Gasteiger partial charge in [-0.25, -0.2) is 22.3 Å². The predicted molar refractivity (Wildman–Crippen MR) is 54.5 cm³/mol. The molecular weight excluding hydrogens is 228 g/mol. The molecule has 1 aromatic rings. The number of halogens is 2. The Bertz CT molecular complexity index is 510. The molecule has 0 radical (unpaired) electrons. The van der Waals surface area contributed by atoms with E-state index in [2.05, 4.69) is 0 Å². The molecule has 0 spiro atoms. The normalized spacial score (nSPS) is 11.5. The first-order chi connectivity index (χ1) is 6.79. The SMILES string of the molecule is Cc1cc(NN)c(F)c(F)c1S(N)(=O)=O.[HH].[HH]. The van der Waals surface area contributed by atoms with Gasteiger partial charge in [-0.15, -0.1) is 0 Å². The van der Waals surface area contributed by atoms with Crippen molar-refractivity contribution in [3.05, 3.63) is 23.3 Å². The van der Waals surface area contributed by atoms with Crippen LogP contribution in [0.2, 0.25) is 0 Å². The maximum Gasteiger partial charge on any atom is 0.241 e. The second-order valence-electron chi connectivity index (χ2n) is 2.89. The molecule has 5 N–H and O–H groups in total. The van der Waals surface area contributed by atoms with Crippen LogP contribution in [0.1, 0.15) is 8.42 Å². The molecule has 8 heteroatoms. The van der Waals surface area contributed by atoms with Crippen molar-refractivity contribution in [2.45, 2.75) is 11.8 Å². The van der Waals surface area contributed by atoms with Gasteiger partial charge in [0.1, 0.15) is 4.90 Å². The van der Waals surface area contributed by atoms with Gasteiger partial charge in [-0.2, -0.15) is 0 Å². The van der Waals surface area contributed by atoms with Crippen LogP contribution in [0.5, 0.6) is 0 Å². The Labute approximate surface area is 88.1 Å². The zero-order valence-corrected chi connectivity index (χ0v) is 8.53. The van der Waals surface area contributed by atoms with E-state index in [9.17, 15) is 17.2 Å². The lowest BCUT2D eigenvalue weighted by Crippen LogP contribution is -2.18. The van der Waals surface area contributed by atoms with Crippen molar-refractivity contribution in [3.8, 4) is 0 Å². The lowest BCUT2D eigenvalue weighted by molar-refractivity contribution is 0.485. The summed E-state index contributed by atoms with van der Waals surface area (Å²) >= 11 is 0. The lowest BCUT2D eigenvalue weighted by Gasteiger charge is -2.09. The molecule has 1 rings (SSSR count). The zero-order chi connectivity index (χ0) is 11.8. The molecule has 0 unspecified atom stereocenters. The van der Waals surface area contributed by atoms with Crippen LogP contribution in [0.15, 0.2) is 11.0 Å². The van der Waals surface area contributed by atoms with Gasteiger partial charge >= 0.3 is 0 Å². The van der Waals surface area contributed by atoms with Crippen molar-refractivity contribution < 1.29 is 20.1 Å². The Morgan fingerprint density at radius 3 is 2.33 bits per heavy atom. The Morgan fingerprint density at radius 1 is 1.40 bits per heavy atom. The van der Waals surface area contributed by atoms with Crippen LogP contribution >= 0.6 is 0 Å². The van der Waals surface area contributed by atoms with Crippen LogP contribution in [0.3, 0.4) is 0 Å². The summed E-state index contributed by atoms with van der Waals surface area (Å²) in [6, 6.07) is 1.05. The number of nitrogens with one attached hydrogen (secondary N) is 1. The number of hydrogen-bond acceptors (Lipinski definition) is 4. The molecule has 0 aliphatic heterocycles. The lowest BCUT2D eigenvalue weighted by atomic mass is 10.2. The maximum absolute atomic E-state index is 13.3. The van der Waals surface area contributed by atoms with Gasteiger partial charge in [-0.1, -0.05) is 0 Å². The maximum atomic E-state index is 13.3. The van der Waals surface area contributed by atoms with E-state index in [1.54, 1.807) is 0 Å². The van der Waals surface area contributed by atoms with Crippen molar-refractivity contribution in [2.24, 2.45) is 11.0 Å². The molecule has 0 aromatic heterocycles. The highest BCUT2D eigenvalue weighted by molar-refractivity contribution is 7.89. The van der Waals surface area contributed by atoms with Crippen LogP contribution in [0.4, 0.5) is 14.5 Å². The number of hydrazine groups is 1. The minimum absolute atomic E-state index is 0. The second-order valence-corrected chi connectivity index (χ2v) is 4.39. The standard InChI is InChI=1S/C7H9F2N3O2S.2H2/c1-3-2-4(12-10)5(8)6(9)7(3)15(11,13)14;;/h2,12H,10H2,1H3,(H2,11,13,14);2*1H. The van der Waals surface area contributed by atoms with Gasteiger partial charge in [0.25, 0.3) is 0 Å². The van der Waals surface area contributed by atoms with Crippen molar-refractivity contribution >= 4 is 15.7 Å². The first kappa shape index (κ1) is 11.8. The first-order valence-electron chi connectivity index (χ1n) is 3.77. The van der Waals surface area contributed by atoms with Crippen LogP contribution in [0, 0.1) is 18.6 Å². The summed E-state index contributed by atoms with van der Waals surface area (Å²) in [6.07, 6.45) is 0. The van der Waals surface area contributed by atoms with Crippen molar-refractivity contribution in [3.63, 3.8) is 0 Å². The molecule has 0 saturated carbocycles. The molecule has 0 bridgehead atoms. The number of hydrogen-bond donors (Lipinski definition) is 3. The number of rotatable bonds is 2. The Balaban J connectivity index is 0. The molecule has 0 aliphatic rings. The second kappa shape index (κ2) is 3.72. The number of anilines is 1. The number of sulfonamides is 1. The summed E-state index contributed by atoms with van der Waals surface area (Å²) in [5, 5.41) is 4.73. The minimum Gasteiger partial charge on any atom is -0.321 e. The average Bonchev–Trinajstić information content (AvgIpc) is 2.09. The van der Waals surface area contributed by atoms with Crippen molar-refractivity contribution in [1.29, 1.82) is 0 Å². The van der Waals surface area contributed by atoms with E-state index in [1.807, 2.05) is 5.43 Å². The fourth-order valence-electron chi connectivity index (χ4n) is 1.19. The molecule has 0 fully saturated rings. The van der Waals surface area contributed by atoms with E-state index in [4.69, 9.17) is 11.0 Å². The van der Waals surface area contributed by atoms with Crippen LogP contribution in [0.25, 0.3) is 0 Å². The predicted octanol–water partition coefficient (Wildman–Crippen LogP) is 0.698. The topological polar surface area (TPSA) is 98.2 Å². The van der Waals surface area contributed by atoms with Gasteiger partial charge in [-0.05, 0) is 18.6 Å². The van der Waals surface area contributed by atoms with E-state index < -0.39 is 26.6 Å². The third kappa shape index (κ3) is 2.06. The largest absolute Gasteiger partial charge is 0.321 e. The van der Waals surface area contributed by atoms with Gasteiger partial charge in [0.2, 0.25) is 10.0 Å². The highest BCUT2D eigenvalue weighted by Gasteiger charge is 2.23. The van der Waals surface area contributed by atoms with E-state index in [1.165, 1.54) is 6.92 Å². The summed E-state index contributed by atoms with van der Waals surface area (Å²) in [7, 11) is -4.30. The molecule has 0 atom stereocenters. The average molecular weight is 241 g/mol. The summed E-state index contributed by atoms with van der Waals surface area (Å²) in [5.74, 6) is 1.99. The summed E-state index contributed by atoms with van der Waals surface area (Å²) < 4.78 is 48.3. The molecule has 0 saturated heterocycles. The summed E-state index contributed by atoms with van der Waals surface area (Å²) in [5.41, 5.74) is 1.55. The fourth-order valence-corrected chi connectivity index (χ4v) is 2.04. The molecule has 0 amide bonds. The Kier molecular flexibility index (Phi) is 2.93. The minimum atomic E-state index is -4.30. The van der Waals surface area contributed by atoms with Crippen LogP contribution < -0.4 is 16.4 Å². The fraction of sp³-hybridized carbons (Fsp3) is 0.143. The van der Waals surface area contributed by atoms with E-state index >= 15 is 0 Å². The third-order valence-corrected chi connectivity index (χ3v) is 2.86. The number of aryl methyl sites for hydroxylation is 1. The molecule has 1 aromatic carbocycles. The van der Waals surface area contributed by atoms with E-state index in [-0.39, 0.29) is 14.1 Å². The smallest absolute Gasteiger partial charge is 0.241 e. The summed E-state index contributed by atoms with van der Waals surface area (Å²) in [6.45, 7) is 1.28. The summed E-state index contributed by atoms with van der Waals surface area (Å²) in [4.78, 5) is -0.862. The van der Waals surface area contributed by atoms with Gasteiger partial charge in [0.05, 0.1) is 5.69 Å². The number of benzene rings is 1. The third-order valence-electron chi connectivity index (χ3n) is 1.79. The van der Waals surface area contributed by atoms with E-state index in [0.717, 1.165) is 6.07 Å². The van der Waals surface area contributed by atoms with Crippen molar-refractivity contribution in [2.75, 3.05) is 5.43 Å². The van der Waals surface area contributed by atoms with Gasteiger partial charge in [0.15, 0.2) is 11.6 Å². The first-order valence-corrected chi connectivity index (χ1v) is 5.31. The molecule has 88 valence electrons. The number of nitrogen functional groups attached to an aromatic ring is 1. The Morgan fingerprint density at radius 2 is 1.93 bits per heavy atom. The van der Waals surface area contributed by atoms with Gasteiger partial charge in [0, 0.05) is 2.85 Å². The van der Waals surface area contributed by atoms with E-state index in [0.29, 0.717) is 0 Å². The molecule has 5 nitrogen and oxygen atoms in total. The highest BCUT2D eigenvalue weighted by Crippen LogP contribution is 2.26. The van der Waals surface area contributed by atoms with Gasteiger partial charge in [-0.3, -0.25) is 5.84 Å². The molecule has 0 heterocycles. The Hall–Kier alpha value is -1.25. The molecular formula is C7H13F2N3O2S. The van der Waals surface area contributed by atoms with Crippen molar-refractivity contribution in [1.82, 2.24) is 0 Å². The van der Waals surface area contributed by atoms with Crippen LogP contribution in [-0.4, -0.2) is 8.42 Å². The highest BCUT2D eigenvalue weighted by atomic mass is 32.2.